The first-order valence-electron chi connectivity index (χ1n) is 8.11. The van der Waals surface area contributed by atoms with Crippen molar-refractivity contribution in [1.82, 2.24) is 14.8 Å². The highest BCUT2D eigenvalue weighted by molar-refractivity contribution is 6.07. The van der Waals surface area contributed by atoms with Gasteiger partial charge in [0.2, 0.25) is 0 Å². The number of pyridine rings is 1. The molecule has 0 saturated heterocycles. The van der Waals surface area contributed by atoms with Gasteiger partial charge in [0, 0.05) is 12.7 Å². The summed E-state index contributed by atoms with van der Waals surface area (Å²) in [4.78, 5) is 19.3. The minimum absolute atomic E-state index is 0.0105. The summed E-state index contributed by atoms with van der Waals surface area (Å²) in [7, 11) is 0. The largest absolute Gasteiger partial charge is 0.306 e. The maximum absolute atomic E-state index is 13.1. The summed E-state index contributed by atoms with van der Waals surface area (Å²) >= 11 is 0. The van der Waals surface area contributed by atoms with Crippen LogP contribution >= 0.6 is 0 Å². The molecule has 3 heterocycles. The van der Waals surface area contributed by atoms with Crippen LogP contribution in [0.3, 0.4) is 0 Å². The van der Waals surface area contributed by atoms with Crippen LogP contribution in [-0.2, 0) is 6.42 Å². The lowest BCUT2D eigenvalue weighted by Crippen LogP contribution is -2.36. The average Bonchev–Trinajstić information content (AvgIpc) is 3.03. The van der Waals surface area contributed by atoms with Crippen LogP contribution in [0.25, 0.3) is 5.69 Å². The summed E-state index contributed by atoms with van der Waals surface area (Å²) in [5.41, 5.74) is 4.35. The molecule has 0 N–H and O–H groups in total. The molecule has 0 bridgehead atoms. The fourth-order valence-corrected chi connectivity index (χ4v) is 3.20. The second-order valence-corrected chi connectivity index (χ2v) is 5.92. The Morgan fingerprint density at radius 1 is 1.12 bits per heavy atom. The lowest BCUT2D eigenvalue weighted by Gasteiger charge is -2.28. The number of benzene rings is 1. The first-order valence-corrected chi connectivity index (χ1v) is 8.11. The molecule has 0 unspecified atom stereocenters. The Morgan fingerprint density at radius 3 is 2.79 bits per heavy atom. The summed E-state index contributed by atoms with van der Waals surface area (Å²) in [5.74, 6) is -0.0105. The third-order valence-corrected chi connectivity index (χ3v) is 4.44. The second kappa shape index (κ2) is 5.92. The van der Waals surface area contributed by atoms with Gasteiger partial charge in [0.15, 0.2) is 0 Å². The summed E-state index contributed by atoms with van der Waals surface area (Å²) < 4.78 is 1.81. The van der Waals surface area contributed by atoms with Crippen LogP contribution in [0.5, 0.6) is 0 Å². The SMILES string of the molecule is Cc1c(C(=O)N2CCCc3ncccc32)cnn1-c1ccccc1. The molecule has 0 aliphatic carbocycles. The standard InChI is InChI=1S/C19H18N4O/c1-14-16(13-21-23(14)15-7-3-2-4-8-15)19(24)22-12-6-9-17-18(22)10-5-11-20-17/h2-5,7-8,10-11,13H,6,9,12H2,1H3. The predicted molar refractivity (Wildman–Crippen MR) is 92.5 cm³/mol. The number of fused-ring (bicyclic) bond motifs is 1. The van der Waals surface area contributed by atoms with E-state index in [0.29, 0.717) is 12.1 Å². The van der Waals surface area contributed by atoms with Crippen molar-refractivity contribution in [2.75, 3.05) is 11.4 Å². The normalized spacial score (nSPS) is 13.6. The molecule has 4 rings (SSSR count). The van der Waals surface area contributed by atoms with E-state index < -0.39 is 0 Å². The third kappa shape index (κ3) is 2.38. The zero-order valence-corrected chi connectivity index (χ0v) is 13.5. The van der Waals surface area contributed by atoms with E-state index >= 15 is 0 Å². The van der Waals surface area contributed by atoms with Crippen molar-refractivity contribution in [2.45, 2.75) is 19.8 Å². The zero-order chi connectivity index (χ0) is 16.5. The van der Waals surface area contributed by atoms with E-state index in [0.717, 1.165) is 35.6 Å². The van der Waals surface area contributed by atoms with Gasteiger partial charge in [-0.1, -0.05) is 18.2 Å². The number of nitrogens with zero attached hydrogens (tertiary/aromatic N) is 4. The van der Waals surface area contributed by atoms with Crippen LogP contribution in [0.1, 0.15) is 28.2 Å². The minimum Gasteiger partial charge on any atom is -0.306 e. The van der Waals surface area contributed by atoms with E-state index in [1.54, 1.807) is 17.1 Å². The van der Waals surface area contributed by atoms with E-state index in [4.69, 9.17) is 0 Å². The maximum atomic E-state index is 13.1. The highest BCUT2D eigenvalue weighted by Crippen LogP contribution is 2.27. The first-order chi connectivity index (χ1) is 11.8. The number of aromatic nitrogens is 3. The van der Waals surface area contributed by atoms with Gasteiger partial charge in [0.1, 0.15) is 0 Å². The summed E-state index contributed by atoms with van der Waals surface area (Å²) in [5, 5.41) is 4.41. The summed E-state index contributed by atoms with van der Waals surface area (Å²) in [6.45, 7) is 2.65. The van der Waals surface area contributed by atoms with E-state index in [9.17, 15) is 4.79 Å². The molecule has 5 nitrogen and oxygen atoms in total. The van der Waals surface area contributed by atoms with Crippen molar-refractivity contribution in [1.29, 1.82) is 0 Å². The number of aryl methyl sites for hydroxylation is 1. The molecule has 1 aliphatic rings. The van der Waals surface area contributed by atoms with Crippen LogP contribution in [0.15, 0.2) is 54.9 Å². The van der Waals surface area contributed by atoms with E-state index in [1.165, 1.54) is 0 Å². The molecule has 1 amide bonds. The Kier molecular flexibility index (Phi) is 3.61. The Labute approximate surface area is 140 Å². The van der Waals surface area contributed by atoms with Gasteiger partial charge in [-0.15, -0.1) is 0 Å². The Morgan fingerprint density at radius 2 is 1.96 bits per heavy atom. The molecule has 0 atom stereocenters. The van der Waals surface area contributed by atoms with Crippen LogP contribution in [-0.4, -0.2) is 27.2 Å². The van der Waals surface area contributed by atoms with E-state index in [1.807, 2.05) is 54.3 Å². The number of hydrogen-bond donors (Lipinski definition) is 0. The molecule has 0 saturated carbocycles. The molecule has 2 aromatic heterocycles. The Bertz CT molecular complexity index is 885. The van der Waals surface area contributed by atoms with Gasteiger partial charge in [-0.2, -0.15) is 5.10 Å². The van der Waals surface area contributed by atoms with Gasteiger partial charge in [-0.25, -0.2) is 4.68 Å². The second-order valence-electron chi connectivity index (χ2n) is 5.92. The highest BCUT2D eigenvalue weighted by Gasteiger charge is 2.26. The monoisotopic (exact) mass is 318 g/mol. The smallest absolute Gasteiger partial charge is 0.261 e. The van der Waals surface area contributed by atoms with Gasteiger partial charge in [0.05, 0.1) is 34.5 Å². The maximum Gasteiger partial charge on any atom is 0.261 e. The lowest BCUT2D eigenvalue weighted by molar-refractivity contribution is 0.0984. The van der Waals surface area contributed by atoms with E-state index in [-0.39, 0.29) is 5.91 Å². The van der Waals surface area contributed by atoms with Gasteiger partial charge >= 0.3 is 0 Å². The molecule has 120 valence electrons. The zero-order valence-electron chi connectivity index (χ0n) is 13.5. The molecule has 0 spiro atoms. The number of carbonyl (C=O) groups is 1. The van der Waals surface area contributed by atoms with Crippen molar-refractivity contribution in [3.05, 3.63) is 71.8 Å². The molecular formula is C19H18N4O. The van der Waals surface area contributed by atoms with Gasteiger partial charge in [-0.3, -0.25) is 9.78 Å². The number of para-hydroxylation sites is 1. The molecule has 0 radical (unpaired) electrons. The fourth-order valence-electron chi connectivity index (χ4n) is 3.20. The minimum atomic E-state index is -0.0105. The van der Waals surface area contributed by atoms with Gasteiger partial charge < -0.3 is 4.90 Å². The Hall–Kier alpha value is -2.95. The first kappa shape index (κ1) is 14.6. The van der Waals surface area contributed by atoms with Crippen LogP contribution in [0.4, 0.5) is 5.69 Å². The molecule has 24 heavy (non-hydrogen) atoms. The van der Waals surface area contributed by atoms with Crippen molar-refractivity contribution in [2.24, 2.45) is 0 Å². The van der Waals surface area contributed by atoms with Gasteiger partial charge in [0.25, 0.3) is 5.91 Å². The number of hydrogen-bond acceptors (Lipinski definition) is 3. The Balaban J connectivity index is 1.71. The number of rotatable bonds is 2. The molecule has 3 aromatic rings. The molecular weight excluding hydrogens is 300 g/mol. The number of anilines is 1. The third-order valence-electron chi connectivity index (χ3n) is 4.44. The molecule has 5 heteroatoms. The lowest BCUT2D eigenvalue weighted by atomic mass is 10.1. The highest BCUT2D eigenvalue weighted by atomic mass is 16.2. The topological polar surface area (TPSA) is 51.0 Å². The van der Waals surface area contributed by atoms with Crippen molar-refractivity contribution in [3.8, 4) is 5.69 Å². The van der Waals surface area contributed by atoms with Crippen molar-refractivity contribution >= 4 is 11.6 Å². The van der Waals surface area contributed by atoms with Crippen LogP contribution in [0, 0.1) is 6.92 Å². The number of amides is 1. The van der Waals surface area contributed by atoms with E-state index in [2.05, 4.69) is 10.1 Å². The van der Waals surface area contributed by atoms with Crippen molar-refractivity contribution in [3.63, 3.8) is 0 Å². The number of carbonyl (C=O) groups excluding carboxylic acids is 1. The molecule has 0 fully saturated rings. The fraction of sp³-hybridized carbons (Fsp3) is 0.211. The van der Waals surface area contributed by atoms with Crippen LogP contribution in [0.2, 0.25) is 0 Å². The predicted octanol–water partition coefficient (Wildman–Crippen LogP) is 3.17. The average molecular weight is 318 g/mol. The van der Waals surface area contributed by atoms with Crippen LogP contribution < -0.4 is 4.90 Å². The quantitative estimate of drug-likeness (QED) is 0.729. The molecule has 1 aliphatic heterocycles. The summed E-state index contributed by atoms with van der Waals surface area (Å²) in [6.07, 6.45) is 5.30. The van der Waals surface area contributed by atoms with Crippen molar-refractivity contribution < 1.29 is 4.79 Å². The molecule has 1 aromatic carbocycles. The van der Waals surface area contributed by atoms with Gasteiger partial charge in [-0.05, 0) is 44.0 Å². The summed E-state index contributed by atoms with van der Waals surface area (Å²) in [6, 6.07) is 13.7.